The number of hydrogen-bond acceptors (Lipinski definition) is 3. The van der Waals surface area contributed by atoms with Crippen LogP contribution in [0.2, 0.25) is 0 Å². The van der Waals surface area contributed by atoms with Crippen LogP contribution in [-0.2, 0) is 4.74 Å². The number of rotatable bonds is 4. The Labute approximate surface area is 123 Å². The van der Waals surface area contributed by atoms with E-state index in [1.165, 1.54) is 0 Å². The average Bonchev–Trinajstić information content (AvgIpc) is 2.42. The summed E-state index contributed by atoms with van der Waals surface area (Å²) < 4.78 is 45.8. The zero-order chi connectivity index (χ0) is 15.6. The molecule has 1 N–H and O–H groups in total. The third-order valence-corrected chi connectivity index (χ3v) is 3.68. The van der Waals surface area contributed by atoms with Gasteiger partial charge in [-0.3, -0.25) is 4.90 Å². The lowest BCUT2D eigenvalue weighted by Crippen LogP contribution is -2.48. The van der Waals surface area contributed by atoms with Gasteiger partial charge in [0.15, 0.2) is 17.5 Å². The van der Waals surface area contributed by atoms with Crippen LogP contribution >= 0.6 is 0 Å². The molecule has 2 unspecified atom stereocenters. The second-order valence-corrected chi connectivity index (χ2v) is 5.70. The molecule has 1 aromatic carbocycles. The van der Waals surface area contributed by atoms with Crippen LogP contribution in [-0.4, -0.2) is 43.8 Å². The van der Waals surface area contributed by atoms with Gasteiger partial charge in [-0.25, -0.2) is 13.2 Å². The van der Waals surface area contributed by atoms with Crippen LogP contribution in [0.25, 0.3) is 0 Å². The standard InChI is InChI=1S/C15H21F3N2O/c1-9(2)19-8-13-15(20(3)4-5-21-13)10-6-11(16)14(18)12(17)7-10/h6-7,9,13,15,19H,4-5,8H2,1-3H3. The molecule has 21 heavy (non-hydrogen) atoms. The van der Waals surface area contributed by atoms with Crippen LogP contribution in [0.5, 0.6) is 0 Å². The minimum absolute atomic E-state index is 0.240. The lowest BCUT2D eigenvalue weighted by molar-refractivity contribution is -0.0621. The molecule has 1 aliphatic heterocycles. The molecule has 1 aliphatic rings. The molecule has 1 heterocycles. The molecule has 0 radical (unpaired) electrons. The molecule has 0 bridgehead atoms. The maximum Gasteiger partial charge on any atom is 0.194 e. The van der Waals surface area contributed by atoms with Crippen molar-refractivity contribution in [3.8, 4) is 0 Å². The van der Waals surface area contributed by atoms with E-state index in [1.54, 1.807) is 0 Å². The molecule has 0 saturated carbocycles. The number of halogens is 3. The second-order valence-electron chi connectivity index (χ2n) is 5.70. The Balaban J connectivity index is 2.27. The fraction of sp³-hybridized carbons (Fsp3) is 0.600. The molecule has 0 aromatic heterocycles. The van der Waals surface area contributed by atoms with Crippen molar-refractivity contribution in [1.82, 2.24) is 10.2 Å². The lowest BCUT2D eigenvalue weighted by atomic mass is 9.97. The quantitative estimate of drug-likeness (QED) is 0.865. The van der Waals surface area contributed by atoms with Crippen molar-refractivity contribution in [3.63, 3.8) is 0 Å². The fourth-order valence-electron chi connectivity index (χ4n) is 2.60. The summed E-state index contributed by atoms with van der Waals surface area (Å²) in [5.74, 6) is -3.77. The summed E-state index contributed by atoms with van der Waals surface area (Å²) in [5.41, 5.74) is 0.393. The maximum atomic E-state index is 13.5. The summed E-state index contributed by atoms with van der Waals surface area (Å²) in [6.45, 7) is 5.80. The molecule has 1 saturated heterocycles. The summed E-state index contributed by atoms with van der Waals surface area (Å²) in [7, 11) is 1.87. The lowest BCUT2D eigenvalue weighted by Gasteiger charge is -2.40. The third-order valence-electron chi connectivity index (χ3n) is 3.68. The van der Waals surface area contributed by atoms with Crippen molar-refractivity contribution in [2.24, 2.45) is 0 Å². The average molecular weight is 302 g/mol. The normalized spacial score (nSPS) is 23.8. The molecule has 0 amide bonds. The van der Waals surface area contributed by atoms with Crippen molar-refractivity contribution < 1.29 is 17.9 Å². The monoisotopic (exact) mass is 302 g/mol. The summed E-state index contributed by atoms with van der Waals surface area (Å²) in [6.07, 6.45) is -0.240. The summed E-state index contributed by atoms with van der Waals surface area (Å²) in [6, 6.07) is 2.07. The molecule has 2 rings (SSSR count). The van der Waals surface area contributed by atoms with Gasteiger partial charge in [-0.1, -0.05) is 13.8 Å². The molecule has 1 fully saturated rings. The van der Waals surface area contributed by atoms with Crippen molar-refractivity contribution in [3.05, 3.63) is 35.1 Å². The van der Waals surface area contributed by atoms with E-state index in [2.05, 4.69) is 5.32 Å². The summed E-state index contributed by atoms with van der Waals surface area (Å²) in [4.78, 5) is 1.97. The first-order chi connectivity index (χ1) is 9.90. The highest BCUT2D eigenvalue weighted by Crippen LogP contribution is 2.30. The van der Waals surface area contributed by atoms with Crippen molar-refractivity contribution in [2.75, 3.05) is 26.7 Å². The van der Waals surface area contributed by atoms with Gasteiger partial charge in [-0.05, 0) is 24.7 Å². The number of nitrogens with zero attached hydrogens (tertiary/aromatic N) is 1. The number of likely N-dealkylation sites (N-methyl/N-ethyl adjacent to an activating group) is 1. The van der Waals surface area contributed by atoms with Gasteiger partial charge in [0, 0.05) is 19.1 Å². The van der Waals surface area contributed by atoms with Gasteiger partial charge in [-0.15, -0.1) is 0 Å². The zero-order valence-corrected chi connectivity index (χ0v) is 12.5. The SMILES string of the molecule is CC(C)NCC1OCCN(C)C1c1cc(F)c(F)c(F)c1. The molecular weight excluding hydrogens is 281 g/mol. The Morgan fingerprint density at radius 1 is 1.29 bits per heavy atom. The van der Waals surface area contributed by atoms with Crippen molar-refractivity contribution in [1.29, 1.82) is 0 Å². The Bertz CT molecular complexity index is 473. The van der Waals surface area contributed by atoms with Gasteiger partial charge >= 0.3 is 0 Å². The predicted octanol–water partition coefficient (Wildman–Crippen LogP) is 2.47. The molecule has 6 heteroatoms. The molecule has 3 nitrogen and oxygen atoms in total. The molecule has 2 atom stereocenters. The van der Waals surface area contributed by atoms with E-state index >= 15 is 0 Å². The third kappa shape index (κ3) is 3.75. The van der Waals surface area contributed by atoms with E-state index in [-0.39, 0.29) is 18.2 Å². The highest BCUT2D eigenvalue weighted by Gasteiger charge is 2.32. The van der Waals surface area contributed by atoms with E-state index in [1.807, 2.05) is 25.8 Å². The van der Waals surface area contributed by atoms with Gasteiger partial charge in [-0.2, -0.15) is 0 Å². The Hall–Kier alpha value is -1.11. The van der Waals surface area contributed by atoms with Crippen LogP contribution in [0.15, 0.2) is 12.1 Å². The second kappa shape index (κ2) is 6.77. The van der Waals surface area contributed by atoms with Crippen molar-refractivity contribution in [2.45, 2.75) is 32.0 Å². The minimum atomic E-state index is -1.44. The van der Waals surface area contributed by atoms with Crippen LogP contribution in [0.4, 0.5) is 13.2 Å². The molecule has 0 aliphatic carbocycles. The zero-order valence-electron chi connectivity index (χ0n) is 12.5. The topological polar surface area (TPSA) is 24.5 Å². The maximum absolute atomic E-state index is 13.5. The molecular formula is C15H21F3N2O. The Morgan fingerprint density at radius 2 is 1.90 bits per heavy atom. The Kier molecular flexibility index (Phi) is 5.24. The smallest absolute Gasteiger partial charge is 0.194 e. The van der Waals surface area contributed by atoms with E-state index < -0.39 is 17.5 Å². The number of morpholine rings is 1. The highest BCUT2D eigenvalue weighted by atomic mass is 19.2. The first kappa shape index (κ1) is 16.3. The van der Waals surface area contributed by atoms with Crippen molar-refractivity contribution >= 4 is 0 Å². The molecule has 118 valence electrons. The number of hydrogen-bond donors (Lipinski definition) is 1. The van der Waals surface area contributed by atoms with Gasteiger partial charge in [0.05, 0.1) is 18.8 Å². The van der Waals surface area contributed by atoms with Crippen LogP contribution in [0, 0.1) is 17.5 Å². The summed E-state index contributed by atoms with van der Waals surface area (Å²) >= 11 is 0. The van der Waals surface area contributed by atoms with Crippen LogP contribution in [0.3, 0.4) is 0 Å². The molecule has 1 aromatic rings. The number of benzene rings is 1. The fourth-order valence-corrected chi connectivity index (χ4v) is 2.60. The van der Waals surface area contributed by atoms with Gasteiger partial charge < -0.3 is 10.1 Å². The van der Waals surface area contributed by atoms with E-state index in [4.69, 9.17) is 4.74 Å². The highest BCUT2D eigenvalue weighted by molar-refractivity contribution is 5.24. The van der Waals surface area contributed by atoms with Gasteiger partial charge in [0.25, 0.3) is 0 Å². The first-order valence-electron chi connectivity index (χ1n) is 7.09. The minimum Gasteiger partial charge on any atom is -0.374 e. The molecule has 0 spiro atoms. The Morgan fingerprint density at radius 3 is 2.48 bits per heavy atom. The first-order valence-corrected chi connectivity index (χ1v) is 7.09. The van der Waals surface area contributed by atoms with E-state index in [9.17, 15) is 13.2 Å². The van der Waals surface area contributed by atoms with Gasteiger partial charge in [0.1, 0.15) is 0 Å². The summed E-state index contributed by atoms with van der Waals surface area (Å²) in [5, 5.41) is 3.26. The van der Waals surface area contributed by atoms with E-state index in [0.717, 1.165) is 12.1 Å². The predicted molar refractivity (Wildman–Crippen MR) is 74.6 cm³/mol. The van der Waals surface area contributed by atoms with Gasteiger partial charge in [0.2, 0.25) is 0 Å². The number of ether oxygens (including phenoxy) is 1. The number of nitrogens with one attached hydrogen (secondary N) is 1. The van der Waals surface area contributed by atoms with Crippen LogP contribution in [0.1, 0.15) is 25.5 Å². The van der Waals surface area contributed by atoms with Crippen LogP contribution < -0.4 is 5.32 Å². The largest absolute Gasteiger partial charge is 0.374 e. The van der Waals surface area contributed by atoms with E-state index in [0.29, 0.717) is 25.3 Å².